The van der Waals surface area contributed by atoms with E-state index < -0.39 is 22.3 Å². The molecule has 1 amide bonds. The second-order valence-corrected chi connectivity index (χ2v) is 7.72. The summed E-state index contributed by atoms with van der Waals surface area (Å²) in [6.45, 7) is 0.164. The molecule has 0 spiro atoms. The fourth-order valence-corrected chi connectivity index (χ4v) is 4.46. The molecule has 2 aromatic rings. The van der Waals surface area contributed by atoms with E-state index in [2.05, 4.69) is 0 Å². The molecule has 29 heavy (non-hydrogen) atoms. The molecule has 2 aromatic carbocycles. The summed E-state index contributed by atoms with van der Waals surface area (Å²) < 4.78 is 0. The number of para-hydroxylation sites is 1. The summed E-state index contributed by atoms with van der Waals surface area (Å²) in [5.74, 6) is -1.32. The maximum atomic E-state index is 13.4. The lowest BCUT2D eigenvalue weighted by Crippen LogP contribution is -2.48. The molecule has 0 saturated heterocycles. The Morgan fingerprint density at radius 3 is 2.52 bits per heavy atom. The van der Waals surface area contributed by atoms with E-state index >= 15 is 0 Å². The largest absolute Gasteiger partial charge is 0.375 e. The Kier molecular flexibility index (Phi) is 4.92. The van der Waals surface area contributed by atoms with E-state index in [1.54, 1.807) is 36.4 Å². The predicted octanol–water partition coefficient (Wildman–Crippen LogP) is 3.48. The Bertz CT molecular complexity index is 971. The quantitative estimate of drug-likeness (QED) is 0.486. The molecular formula is C22H22N2O5. The lowest BCUT2D eigenvalue weighted by molar-refractivity contribution is -0.384. The van der Waals surface area contributed by atoms with Crippen LogP contribution in [0.2, 0.25) is 0 Å². The molecule has 0 radical (unpaired) electrons. The molecule has 1 N–H and O–H groups in total. The first kappa shape index (κ1) is 19.3. The number of carbonyl (C=O) groups is 2. The minimum Gasteiger partial charge on any atom is -0.375 e. The number of carbonyl (C=O) groups excluding carboxylic acids is 2. The Morgan fingerprint density at radius 1 is 1.07 bits per heavy atom. The van der Waals surface area contributed by atoms with E-state index in [1.807, 2.05) is 0 Å². The van der Waals surface area contributed by atoms with Crippen molar-refractivity contribution >= 4 is 23.1 Å². The second kappa shape index (κ2) is 7.40. The van der Waals surface area contributed by atoms with Crippen LogP contribution in [0.4, 0.5) is 11.4 Å². The number of nitro benzene ring substituents is 1. The standard InChI is InChI=1S/C22H22N2O5/c25-20-9-3-1-2-7-18(20)22(27)17-6-4-5-8-19(17)23(21(22)26)14-15-10-12-16(13-11-15)24(28)29/h4-6,8,10-13,18,27H,1-3,7,9,14H2/t18-,22+/m0/s1. The van der Waals surface area contributed by atoms with Gasteiger partial charge < -0.3 is 10.0 Å². The van der Waals surface area contributed by atoms with Crippen LogP contribution < -0.4 is 4.90 Å². The summed E-state index contributed by atoms with van der Waals surface area (Å²) >= 11 is 0. The number of nitro groups is 1. The number of hydrogen-bond acceptors (Lipinski definition) is 5. The van der Waals surface area contributed by atoms with Crippen LogP contribution in [0.25, 0.3) is 0 Å². The van der Waals surface area contributed by atoms with Gasteiger partial charge in [0.05, 0.1) is 23.1 Å². The van der Waals surface area contributed by atoms with Gasteiger partial charge in [-0.05, 0) is 24.5 Å². The van der Waals surface area contributed by atoms with E-state index in [9.17, 15) is 24.8 Å². The summed E-state index contributed by atoms with van der Waals surface area (Å²) in [6.07, 6.45) is 3.37. The molecule has 1 fully saturated rings. The first-order chi connectivity index (χ1) is 13.9. The molecule has 0 unspecified atom stereocenters. The minimum absolute atomic E-state index is 0.0255. The molecular weight excluding hydrogens is 372 g/mol. The van der Waals surface area contributed by atoms with Crippen LogP contribution >= 0.6 is 0 Å². The van der Waals surface area contributed by atoms with Gasteiger partial charge in [-0.15, -0.1) is 0 Å². The summed E-state index contributed by atoms with van der Waals surface area (Å²) in [5.41, 5.74) is -0.140. The Hall–Kier alpha value is -3.06. The molecule has 2 atom stereocenters. The number of benzene rings is 2. The number of aliphatic hydroxyl groups is 1. The predicted molar refractivity (Wildman–Crippen MR) is 106 cm³/mol. The van der Waals surface area contributed by atoms with Crippen molar-refractivity contribution < 1.29 is 19.6 Å². The summed E-state index contributed by atoms with van der Waals surface area (Å²) in [7, 11) is 0. The summed E-state index contributed by atoms with van der Waals surface area (Å²) in [6, 6.07) is 13.0. The summed E-state index contributed by atoms with van der Waals surface area (Å²) in [4.78, 5) is 38.0. The van der Waals surface area contributed by atoms with E-state index in [0.717, 1.165) is 19.3 Å². The number of hydrogen-bond donors (Lipinski definition) is 1. The maximum Gasteiger partial charge on any atom is 0.269 e. The molecule has 0 bridgehead atoms. The number of non-ortho nitro benzene ring substituents is 1. The zero-order valence-electron chi connectivity index (χ0n) is 15.9. The molecule has 0 aromatic heterocycles. The Balaban J connectivity index is 1.71. The van der Waals surface area contributed by atoms with Gasteiger partial charge in [-0.25, -0.2) is 0 Å². The second-order valence-electron chi connectivity index (χ2n) is 7.72. The first-order valence-corrected chi connectivity index (χ1v) is 9.83. The average molecular weight is 394 g/mol. The SMILES string of the molecule is O=C1CCCCC[C@@H]1[C@@]1(O)C(=O)N(Cc2ccc([N+](=O)[O-])cc2)c2ccccc21. The van der Waals surface area contributed by atoms with E-state index in [1.165, 1.54) is 17.0 Å². The molecule has 7 heteroatoms. The highest BCUT2D eigenvalue weighted by Gasteiger charge is 2.56. The van der Waals surface area contributed by atoms with Gasteiger partial charge in [-0.3, -0.25) is 19.7 Å². The highest BCUT2D eigenvalue weighted by molar-refractivity contribution is 6.09. The number of nitrogens with zero attached hydrogens (tertiary/aromatic N) is 2. The van der Waals surface area contributed by atoms with Gasteiger partial charge in [-0.1, -0.05) is 43.2 Å². The fourth-order valence-electron chi connectivity index (χ4n) is 4.46. The Labute approximate surface area is 168 Å². The number of Topliss-reactive ketones (excluding diaryl/α,β-unsaturated/α-hetero) is 1. The third kappa shape index (κ3) is 3.21. The molecule has 1 heterocycles. The maximum absolute atomic E-state index is 13.4. The van der Waals surface area contributed by atoms with Gasteiger partial charge in [0.1, 0.15) is 5.78 Å². The zero-order chi connectivity index (χ0) is 20.6. The third-order valence-corrected chi connectivity index (χ3v) is 5.97. The van der Waals surface area contributed by atoms with Gasteiger partial charge in [0.15, 0.2) is 5.60 Å². The van der Waals surface area contributed by atoms with Crippen molar-refractivity contribution in [3.05, 3.63) is 69.8 Å². The highest BCUT2D eigenvalue weighted by Crippen LogP contribution is 2.48. The van der Waals surface area contributed by atoms with Crippen molar-refractivity contribution in [2.45, 2.75) is 44.2 Å². The number of fused-ring (bicyclic) bond motifs is 1. The minimum atomic E-state index is -1.86. The van der Waals surface area contributed by atoms with Crippen LogP contribution in [0, 0.1) is 16.0 Å². The number of anilines is 1. The molecule has 2 aliphatic rings. The van der Waals surface area contributed by atoms with Crippen LogP contribution in [-0.4, -0.2) is 21.7 Å². The van der Waals surface area contributed by atoms with Crippen molar-refractivity contribution in [2.75, 3.05) is 4.90 Å². The van der Waals surface area contributed by atoms with Gasteiger partial charge in [-0.2, -0.15) is 0 Å². The first-order valence-electron chi connectivity index (χ1n) is 9.83. The lowest BCUT2D eigenvalue weighted by atomic mass is 9.77. The smallest absolute Gasteiger partial charge is 0.269 e. The van der Waals surface area contributed by atoms with Crippen molar-refractivity contribution in [3.8, 4) is 0 Å². The van der Waals surface area contributed by atoms with Crippen LogP contribution in [0.1, 0.15) is 43.2 Å². The van der Waals surface area contributed by atoms with Crippen molar-refractivity contribution in [1.82, 2.24) is 0 Å². The van der Waals surface area contributed by atoms with Crippen LogP contribution in [0.15, 0.2) is 48.5 Å². The lowest BCUT2D eigenvalue weighted by Gasteiger charge is -2.30. The Morgan fingerprint density at radius 2 is 1.79 bits per heavy atom. The fraction of sp³-hybridized carbons (Fsp3) is 0.364. The van der Waals surface area contributed by atoms with Gasteiger partial charge in [0, 0.05) is 24.1 Å². The van der Waals surface area contributed by atoms with Crippen LogP contribution in [0.3, 0.4) is 0 Å². The number of rotatable bonds is 4. The zero-order valence-corrected chi connectivity index (χ0v) is 15.9. The molecule has 4 rings (SSSR count). The summed E-state index contributed by atoms with van der Waals surface area (Å²) in [5, 5.41) is 22.5. The normalized spacial score (nSPS) is 24.3. The van der Waals surface area contributed by atoms with E-state index in [4.69, 9.17) is 0 Å². The topological polar surface area (TPSA) is 101 Å². The molecule has 150 valence electrons. The third-order valence-electron chi connectivity index (χ3n) is 5.97. The number of ketones is 1. The van der Waals surface area contributed by atoms with Crippen molar-refractivity contribution in [1.29, 1.82) is 0 Å². The highest BCUT2D eigenvalue weighted by atomic mass is 16.6. The van der Waals surface area contributed by atoms with Crippen LogP contribution in [0.5, 0.6) is 0 Å². The van der Waals surface area contributed by atoms with Gasteiger partial charge in [0.25, 0.3) is 11.6 Å². The molecule has 1 aliphatic carbocycles. The van der Waals surface area contributed by atoms with E-state index in [0.29, 0.717) is 29.7 Å². The van der Waals surface area contributed by atoms with Crippen molar-refractivity contribution in [2.24, 2.45) is 5.92 Å². The van der Waals surface area contributed by atoms with Gasteiger partial charge in [0.2, 0.25) is 0 Å². The van der Waals surface area contributed by atoms with Crippen LogP contribution in [-0.2, 0) is 21.7 Å². The van der Waals surface area contributed by atoms with E-state index in [-0.39, 0.29) is 18.0 Å². The number of amides is 1. The average Bonchev–Trinajstić information content (AvgIpc) is 2.85. The molecule has 1 saturated carbocycles. The van der Waals surface area contributed by atoms with Gasteiger partial charge >= 0.3 is 0 Å². The molecule has 7 nitrogen and oxygen atoms in total. The molecule has 1 aliphatic heterocycles. The monoisotopic (exact) mass is 394 g/mol. The van der Waals surface area contributed by atoms with Crippen molar-refractivity contribution in [3.63, 3.8) is 0 Å².